The minimum atomic E-state index is -4.66. The van der Waals surface area contributed by atoms with Crippen molar-refractivity contribution in [3.05, 3.63) is 35.1 Å². The Morgan fingerprint density at radius 3 is 2.25 bits per heavy atom. The van der Waals surface area contributed by atoms with Crippen LogP contribution in [0.5, 0.6) is 0 Å². The van der Waals surface area contributed by atoms with E-state index in [2.05, 4.69) is 10.2 Å². The van der Waals surface area contributed by atoms with E-state index in [0.717, 1.165) is 25.6 Å². The lowest BCUT2D eigenvalue weighted by molar-refractivity contribution is -0.140. The second-order valence-corrected chi connectivity index (χ2v) is 5.82. The summed E-state index contributed by atoms with van der Waals surface area (Å²) in [6.45, 7) is 6.91. The highest BCUT2D eigenvalue weighted by atomic mass is 35.5. The molecule has 1 heterocycles. The molecule has 1 saturated heterocycles. The van der Waals surface area contributed by atoms with Crippen molar-refractivity contribution < 1.29 is 17.6 Å². The van der Waals surface area contributed by atoms with Gasteiger partial charge in [0.25, 0.3) is 0 Å². The predicted octanol–water partition coefficient (Wildman–Crippen LogP) is 4.68. The molecule has 1 aliphatic heterocycles. The van der Waals surface area contributed by atoms with E-state index in [-0.39, 0.29) is 42.3 Å². The number of alkyl halides is 3. The van der Waals surface area contributed by atoms with E-state index in [4.69, 9.17) is 0 Å². The number of piperazine rings is 1. The molecular weight excluding hydrogens is 367 g/mol. The van der Waals surface area contributed by atoms with Crippen molar-refractivity contribution in [3.63, 3.8) is 0 Å². The standard InChI is InChI=1S/C16H22F4N2.2ClH/c1-3-11(2)15(22-9-7-21-8-10-22)12-5-4-6-13(14(12)17)16(18,19)20;;/h4-6,11,15,21H,3,7-10H2,1-2H3;2*1H/t11?,15-;;/m1../s1. The van der Waals surface area contributed by atoms with Gasteiger partial charge < -0.3 is 5.32 Å². The Bertz CT molecular complexity index is 505. The van der Waals surface area contributed by atoms with Crippen LogP contribution < -0.4 is 5.32 Å². The monoisotopic (exact) mass is 390 g/mol. The molecule has 1 fully saturated rings. The Hall–Kier alpha value is -0.560. The fraction of sp³-hybridized carbons (Fsp3) is 0.625. The zero-order valence-corrected chi connectivity index (χ0v) is 15.3. The van der Waals surface area contributed by atoms with Crippen LogP contribution in [0.3, 0.4) is 0 Å². The van der Waals surface area contributed by atoms with Crippen LogP contribution in [-0.2, 0) is 6.18 Å². The Labute approximate surface area is 152 Å². The zero-order chi connectivity index (χ0) is 16.3. The van der Waals surface area contributed by atoms with Crippen LogP contribution in [0.1, 0.15) is 37.4 Å². The molecular formula is C16H24Cl2F4N2. The average molecular weight is 391 g/mol. The number of benzene rings is 1. The van der Waals surface area contributed by atoms with E-state index >= 15 is 0 Å². The molecule has 8 heteroatoms. The van der Waals surface area contributed by atoms with E-state index in [0.29, 0.717) is 13.1 Å². The fourth-order valence-electron chi connectivity index (χ4n) is 3.04. The fourth-order valence-corrected chi connectivity index (χ4v) is 3.04. The maximum atomic E-state index is 14.5. The van der Waals surface area contributed by atoms with Gasteiger partial charge in [-0.1, -0.05) is 32.4 Å². The van der Waals surface area contributed by atoms with Crippen LogP contribution in [0, 0.1) is 11.7 Å². The summed E-state index contributed by atoms with van der Waals surface area (Å²) in [6.07, 6.45) is -3.88. The Balaban J connectivity index is 0.00000264. The third kappa shape index (κ3) is 5.22. The molecule has 0 spiro atoms. The maximum Gasteiger partial charge on any atom is 0.419 e. The minimum absolute atomic E-state index is 0. The summed E-state index contributed by atoms with van der Waals surface area (Å²) in [5, 5.41) is 3.21. The third-order valence-electron chi connectivity index (χ3n) is 4.38. The summed E-state index contributed by atoms with van der Waals surface area (Å²) in [7, 11) is 0. The highest BCUT2D eigenvalue weighted by Gasteiger charge is 2.37. The van der Waals surface area contributed by atoms with E-state index in [1.165, 1.54) is 12.1 Å². The molecule has 1 aliphatic rings. The molecule has 2 rings (SSSR count). The topological polar surface area (TPSA) is 15.3 Å². The number of nitrogens with zero attached hydrogens (tertiary/aromatic N) is 1. The van der Waals surface area contributed by atoms with Gasteiger partial charge in [-0.15, -0.1) is 24.8 Å². The van der Waals surface area contributed by atoms with Gasteiger partial charge in [0.1, 0.15) is 5.82 Å². The highest BCUT2D eigenvalue weighted by Crippen LogP contribution is 2.38. The van der Waals surface area contributed by atoms with Crippen LogP contribution in [-0.4, -0.2) is 31.1 Å². The van der Waals surface area contributed by atoms with Gasteiger partial charge in [0.15, 0.2) is 0 Å². The predicted molar refractivity (Wildman–Crippen MR) is 92.5 cm³/mol. The molecule has 0 radical (unpaired) electrons. The first-order valence-corrected chi connectivity index (χ1v) is 7.66. The summed E-state index contributed by atoms with van der Waals surface area (Å²) in [4.78, 5) is 2.09. The average Bonchev–Trinajstić information content (AvgIpc) is 2.49. The molecule has 0 saturated carbocycles. The maximum absolute atomic E-state index is 14.5. The van der Waals surface area contributed by atoms with Crippen LogP contribution >= 0.6 is 24.8 Å². The number of rotatable bonds is 4. The van der Waals surface area contributed by atoms with Crippen LogP contribution in [0.2, 0.25) is 0 Å². The third-order valence-corrected chi connectivity index (χ3v) is 4.38. The van der Waals surface area contributed by atoms with Crippen molar-refractivity contribution in [2.75, 3.05) is 26.2 Å². The highest BCUT2D eigenvalue weighted by molar-refractivity contribution is 5.85. The molecule has 0 bridgehead atoms. The second-order valence-electron chi connectivity index (χ2n) is 5.82. The molecule has 140 valence electrons. The number of hydrogen-bond acceptors (Lipinski definition) is 2. The molecule has 1 aromatic carbocycles. The molecule has 1 unspecified atom stereocenters. The van der Waals surface area contributed by atoms with Gasteiger partial charge in [0.05, 0.1) is 5.56 Å². The summed E-state index contributed by atoms with van der Waals surface area (Å²) in [5.41, 5.74) is -1.01. The number of nitrogens with one attached hydrogen (secondary N) is 1. The summed E-state index contributed by atoms with van der Waals surface area (Å²) < 4.78 is 53.4. The molecule has 1 aromatic rings. The lowest BCUT2D eigenvalue weighted by Gasteiger charge is -2.38. The first-order chi connectivity index (χ1) is 10.4. The number of halogens is 6. The van der Waals surface area contributed by atoms with Gasteiger partial charge in [-0.2, -0.15) is 13.2 Å². The van der Waals surface area contributed by atoms with Gasteiger partial charge >= 0.3 is 6.18 Å². The Morgan fingerprint density at radius 1 is 1.17 bits per heavy atom. The summed E-state index contributed by atoms with van der Waals surface area (Å²) in [6, 6.07) is 3.28. The van der Waals surface area contributed by atoms with Gasteiger partial charge in [-0.25, -0.2) is 4.39 Å². The molecule has 24 heavy (non-hydrogen) atoms. The Kier molecular flexibility index (Phi) is 9.57. The van der Waals surface area contributed by atoms with Crippen LogP contribution in [0.15, 0.2) is 18.2 Å². The first kappa shape index (κ1) is 23.4. The van der Waals surface area contributed by atoms with Crippen LogP contribution in [0.25, 0.3) is 0 Å². The van der Waals surface area contributed by atoms with Gasteiger partial charge in [-0.05, 0) is 12.0 Å². The summed E-state index contributed by atoms with van der Waals surface area (Å²) in [5.74, 6) is -1.05. The summed E-state index contributed by atoms with van der Waals surface area (Å²) >= 11 is 0. The Morgan fingerprint density at radius 2 is 1.75 bits per heavy atom. The zero-order valence-electron chi connectivity index (χ0n) is 13.7. The van der Waals surface area contributed by atoms with Gasteiger partial charge in [-0.3, -0.25) is 4.90 Å². The van der Waals surface area contributed by atoms with E-state index in [1.807, 2.05) is 13.8 Å². The van der Waals surface area contributed by atoms with Gasteiger partial charge in [0, 0.05) is 37.8 Å². The van der Waals surface area contributed by atoms with Gasteiger partial charge in [0.2, 0.25) is 0 Å². The second kappa shape index (κ2) is 9.80. The lowest BCUT2D eigenvalue weighted by atomic mass is 9.89. The SMILES string of the molecule is CCC(C)[C@H](c1cccc(C(F)(F)F)c1F)N1CCNCC1.Cl.Cl. The van der Waals surface area contributed by atoms with Crippen LogP contribution in [0.4, 0.5) is 17.6 Å². The quantitative estimate of drug-likeness (QED) is 0.750. The minimum Gasteiger partial charge on any atom is -0.314 e. The van der Waals surface area contributed by atoms with E-state index in [9.17, 15) is 17.6 Å². The van der Waals surface area contributed by atoms with Crippen molar-refractivity contribution in [1.82, 2.24) is 10.2 Å². The molecule has 2 atom stereocenters. The van der Waals surface area contributed by atoms with Crippen molar-refractivity contribution in [1.29, 1.82) is 0 Å². The molecule has 1 N–H and O–H groups in total. The molecule has 0 amide bonds. The smallest absolute Gasteiger partial charge is 0.314 e. The van der Waals surface area contributed by atoms with Crippen molar-refractivity contribution in [3.8, 4) is 0 Å². The molecule has 2 nitrogen and oxygen atoms in total. The number of hydrogen-bond donors (Lipinski definition) is 1. The van der Waals surface area contributed by atoms with Crippen molar-refractivity contribution in [2.45, 2.75) is 32.5 Å². The largest absolute Gasteiger partial charge is 0.419 e. The molecule has 0 aromatic heterocycles. The molecule has 0 aliphatic carbocycles. The van der Waals surface area contributed by atoms with E-state index < -0.39 is 17.6 Å². The first-order valence-electron chi connectivity index (χ1n) is 7.66. The van der Waals surface area contributed by atoms with Crippen molar-refractivity contribution in [2.24, 2.45) is 5.92 Å². The van der Waals surface area contributed by atoms with E-state index in [1.54, 1.807) is 0 Å². The lowest BCUT2D eigenvalue weighted by Crippen LogP contribution is -2.46. The van der Waals surface area contributed by atoms with Crippen molar-refractivity contribution >= 4 is 24.8 Å². The normalized spacial score (nSPS) is 18.2.